The number of nitrogens with zero attached hydrogens (tertiary/aromatic N) is 6. The number of carbonyl (C=O) groups is 1. The van der Waals surface area contributed by atoms with Gasteiger partial charge in [0, 0.05) is 13.0 Å². The van der Waals surface area contributed by atoms with E-state index in [1.54, 1.807) is 10.8 Å². The van der Waals surface area contributed by atoms with Crippen molar-refractivity contribution in [1.82, 2.24) is 29.4 Å². The van der Waals surface area contributed by atoms with Crippen LogP contribution >= 0.6 is 22.9 Å². The minimum Gasteiger partial charge on any atom is -0.465 e. The van der Waals surface area contributed by atoms with Crippen LogP contribution < -0.4 is 0 Å². The molecule has 4 rings (SSSR count). The number of methoxy groups -OCH3 is 1. The van der Waals surface area contributed by atoms with Gasteiger partial charge in [0.2, 0.25) is 0 Å². The molecule has 140 valence electrons. The first-order valence-electron chi connectivity index (χ1n) is 8.32. The van der Waals surface area contributed by atoms with Crippen LogP contribution in [0.4, 0.5) is 0 Å². The normalized spacial score (nSPS) is 11.6. The van der Waals surface area contributed by atoms with Gasteiger partial charge in [-0.05, 0) is 26.3 Å². The Hall–Kier alpha value is -2.52. The highest BCUT2D eigenvalue weighted by Gasteiger charge is 2.20. The molecule has 0 aliphatic rings. The van der Waals surface area contributed by atoms with Crippen molar-refractivity contribution in [1.29, 1.82) is 0 Å². The number of esters is 1. The number of aryl methyl sites for hydroxylation is 4. The monoisotopic (exact) mass is 404 g/mol. The van der Waals surface area contributed by atoms with E-state index in [-0.39, 0.29) is 5.97 Å². The van der Waals surface area contributed by atoms with Gasteiger partial charge in [0.15, 0.2) is 11.5 Å². The van der Waals surface area contributed by atoms with Crippen molar-refractivity contribution >= 4 is 44.8 Å². The molecule has 0 aromatic carbocycles. The van der Waals surface area contributed by atoms with Crippen LogP contribution in [0.25, 0.3) is 15.9 Å². The van der Waals surface area contributed by atoms with E-state index in [2.05, 4.69) is 20.2 Å². The second kappa shape index (κ2) is 6.58. The lowest BCUT2D eigenvalue weighted by molar-refractivity contribution is 0.0605. The van der Waals surface area contributed by atoms with E-state index < -0.39 is 0 Å². The molecule has 0 bridgehead atoms. The lowest BCUT2D eigenvalue weighted by atomic mass is 10.2. The first kappa shape index (κ1) is 17.9. The van der Waals surface area contributed by atoms with Gasteiger partial charge < -0.3 is 4.74 Å². The molecule has 0 saturated heterocycles. The second-order valence-corrected chi connectivity index (χ2v) is 7.60. The molecule has 0 spiro atoms. The van der Waals surface area contributed by atoms with Crippen molar-refractivity contribution in [2.75, 3.05) is 7.11 Å². The Bertz CT molecular complexity index is 1190. The predicted octanol–water partition coefficient (Wildman–Crippen LogP) is 3.14. The van der Waals surface area contributed by atoms with Crippen molar-refractivity contribution in [3.8, 4) is 0 Å². The Morgan fingerprint density at radius 3 is 2.74 bits per heavy atom. The summed E-state index contributed by atoms with van der Waals surface area (Å²) in [4.78, 5) is 22.3. The molecule has 4 aromatic rings. The topological polar surface area (TPSA) is 87.2 Å². The Kier molecular flexibility index (Phi) is 4.35. The summed E-state index contributed by atoms with van der Waals surface area (Å²) in [6.45, 7) is 6.33. The number of thiophene rings is 1. The van der Waals surface area contributed by atoms with Crippen LogP contribution in [0.2, 0.25) is 5.02 Å². The van der Waals surface area contributed by atoms with E-state index >= 15 is 0 Å². The summed E-state index contributed by atoms with van der Waals surface area (Å²) >= 11 is 7.51. The minimum atomic E-state index is -0.366. The maximum absolute atomic E-state index is 12.0. The number of ether oxygens (including phenoxy) is 1. The maximum Gasteiger partial charge on any atom is 0.348 e. The number of rotatable bonds is 4. The van der Waals surface area contributed by atoms with Crippen molar-refractivity contribution in [3.05, 3.63) is 39.0 Å². The molecule has 0 radical (unpaired) electrons. The molecular weight excluding hydrogens is 388 g/mol. The van der Waals surface area contributed by atoms with E-state index in [0.29, 0.717) is 34.3 Å². The zero-order valence-electron chi connectivity index (χ0n) is 15.3. The quantitative estimate of drug-likeness (QED) is 0.485. The van der Waals surface area contributed by atoms with Crippen LogP contribution in [0.3, 0.4) is 0 Å². The van der Waals surface area contributed by atoms with Crippen LogP contribution in [0.5, 0.6) is 0 Å². The van der Waals surface area contributed by atoms with Gasteiger partial charge in [0.1, 0.15) is 16.0 Å². The predicted molar refractivity (Wildman–Crippen MR) is 103 cm³/mol. The van der Waals surface area contributed by atoms with Crippen LogP contribution in [0, 0.1) is 20.8 Å². The van der Waals surface area contributed by atoms with Gasteiger partial charge in [-0.1, -0.05) is 11.6 Å². The van der Waals surface area contributed by atoms with Gasteiger partial charge in [-0.15, -0.1) is 16.4 Å². The number of hydrogen-bond donors (Lipinski definition) is 0. The molecule has 0 atom stereocenters. The molecule has 4 heterocycles. The smallest absolute Gasteiger partial charge is 0.348 e. The van der Waals surface area contributed by atoms with Crippen molar-refractivity contribution in [3.63, 3.8) is 0 Å². The maximum atomic E-state index is 12.0. The molecule has 0 unspecified atom stereocenters. The first-order valence-corrected chi connectivity index (χ1v) is 9.51. The fourth-order valence-corrected chi connectivity index (χ4v) is 4.27. The summed E-state index contributed by atoms with van der Waals surface area (Å²) in [5.74, 6) is 0.313. The minimum absolute atomic E-state index is 0.366. The lowest BCUT2D eigenvalue weighted by Crippen LogP contribution is -2.06. The summed E-state index contributed by atoms with van der Waals surface area (Å²) in [5.41, 5.74) is 3.24. The van der Waals surface area contributed by atoms with Crippen LogP contribution in [-0.2, 0) is 17.7 Å². The Balaban J connectivity index is 1.71. The molecule has 0 aliphatic carbocycles. The van der Waals surface area contributed by atoms with E-state index in [9.17, 15) is 4.79 Å². The molecule has 8 nitrogen and oxygen atoms in total. The first-order chi connectivity index (χ1) is 12.9. The molecule has 0 fully saturated rings. The second-order valence-electron chi connectivity index (χ2n) is 6.23. The summed E-state index contributed by atoms with van der Waals surface area (Å²) < 4.78 is 8.36. The molecule has 0 saturated carbocycles. The van der Waals surface area contributed by atoms with E-state index in [4.69, 9.17) is 16.3 Å². The Morgan fingerprint density at radius 1 is 1.30 bits per heavy atom. The molecular formula is C17H17ClN6O2S. The zero-order valence-corrected chi connectivity index (χ0v) is 16.8. The van der Waals surface area contributed by atoms with Crippen molar-refractivity contribution in [2.45, 2.75) is 33.7 Å². The van der Waals surface area contributed by atoms with E-state index in [1.807, 2.05) is 25.5 Å². The molecule has 0 amide bonds. The summed E-state index contributed by atoms with van der Waals surface area (Å²) in [6.07, 6.45) is 2.22. The third-order valence-corrected chi connectivity index (χ3v) is 6.25. The third kappa shape index (κ3) is 2.87. The number of hydrogen-bond acceptors (Lipinski definition) is 7. The number of carbonyl (C=O) groups excluding carboxylic acids is 1. The molecule has 0 N–H and O–H groups in total. The van der Waals surface area contributed by atoms with Gasteiger partial charge in [-0.25, -0.2) is 19.3 Å². The van der Waals surface area contributed by atoms with Gasteiger partial charge in [-0.3, -0.25) is 4.68 Å². The zero-order chi connectivity index (χ0) is 19.3. The lowest BCUT2D eigenvalue weighted by Gasteiger charge is -2.01. The van der Waals surface area contributed by atoms with Crippen LogP contribution in [0.15, 0.2) is 6.33 Å². The Labute approximate surface area is 163 Å². The molecule has 27 heavy (non-hydrogen) atoms. The SMILES string of the molecule is COC(=O)c1sc2ncn3nc(CCn4nc(C)c(Cl)c4C)nc3c2c1C. The average Bonchev–Trinajstić information content (AvgIpc) is 3.29. The van der Waals surface area contributed by atoms with E-state index in [0.717, 1.165) is 27.2 Å². The van der Waals surface area contributed by atoms with Crippen molar-refractivity contribution < 1.29 is 9.53 Å². The van der Waals surface area contributed by atoms with Gasteiger partial charge >= 0.3 is 5.97 Å². The summed E-state index contributed by atoms with van der Waals surface area (Å²) in [6, 6.07) is 0. The fraction of sp³-hybridized carbons (Fsp3) is 0.353. The number of aromatic nitrogens is 6. The highest BCUT2D eigenvalue weighted by atomic mass is 35.5. The summed E-state index contributed by atoms with van der Waals surface area (Å²) in [5, 5.41) is 10.5. The van der Waals surface area contributed by atoms with Gasteiger partial charge in [-0.2, -0.15) is 5.10 Å². The highest BCUT2D eigenvalue weighted by Crippen LogP contribution is 2.32. The number of halogens is 1. The fourth-order valence-electron chi connectivity index (χ4n) is 3.07. The van der Waals surface area contributed by atoms with Gasteiger partial charge in [0.25, 0.3) is 0 Å². The molecule has 0 aliphatic heterocycles. The van der Waals surface area contributed by atoms with Gasteiger partial charge in [0.05, 0.1) is 28.9 Å². The van der Waals surface area contributed by atoms with E-state index in [1.165, 1.54) is 18.4 Å². The average molecular weight is 405 g/mol. The van der Waals surface area contributed by atoms with Crippen molar-refractivity contribution in [2.24, 2.45) is 0 Å². The number of fused-ring (bicyclic) bond motifs is 3. The molecule has 4 aromatic heterocycles. The highest BCUT2D eigenvalue weighted by molar-refractivity contribution is 7.20. The van der Waals surface area contributed by atoms with Crippen LogP contribution in [0.1, 0.15) is 32.4 Å². The van der Waals surface area contributed by atoms with Crippen LogP contribution in [-0.4, -0.2) is 42.4 Å². The largest absolute Gasteiger partial charge is 0.465 e. The third-order valence-electron chi connectivity index (χ3n) is 4.52. The Morgan fingerprint density at radius 2 is 2.07 bits per heavy atom. The molecule has 10 heteroatoms. The summed E-state index contributed by atoms with van der Waals surface area (Å²) in [7, 11) is 1.37. The standard InChI is InChI=1S/C17H17ClN6O2S/c1-8-12-15-20-11(5-6-23-10(3)13(18)9(2)21-23)22-24(15)7-19-16(12)27-14(8)17(25)26-4/h7H,5-6H2,1-4H3.